The molecule has 0 aliphatic carbocycles. The van der Waals surface area contributed by atoms with Crippen LogP contribution in [0.4, 0.5) is 13.2 Å². The van der Waals surface area contributed by atoms with Gasteiger partial charge in [-0.25, -0.2) is 4.98 Å². The summed E-state index contributed by atoms with van der Waals surface area (Å²) in [5, 5.41) is -0.259. The molecule has 1 aromatic heterocycles. The van der Waals surface area contributed by atoms with Crippen molar-refractivity contribution in [2.75, 3.05) is 0 Å². The summed E-state index contributed by atoms with van der Waals surface area (Å²) in [6, 6.07) is 8.99. The Morgan fingerprint density at radius 2 is 1.95 bits per heavy atom. The molecule has 2 aromatic rings. The third-order valence-corrected chi connectivity index (χ3v) is 3.88. The summed E-state index contributed by atoms with van der Waals surface area (Å²) in [6.07, 6.45) is -4.61. The SMILES string of the molecule is FC(F)(F)c1nc(Cl)sc1C(=S)OCc1ccccc1. The van der Waals surface area contributed by atoms with Crippen molar-refractivity contribution in [2.45, 2.75) is 12.8 Å². The van der Waals surface area contributed by atoms with E-state index in [4.69, 9.17) is 28.6 Å². The molecular weight excluding hydrogens is 331 g/mol. The molecule has 0 amide bonds. The highest BCUT2D eigenvalue weighted by atomic mass is 35.5. The molecule has 1 aromatic carbocycles. The summed E-state index contributed by atoms with van der Waals surface area (Å²) in [4.78, 5) is 2.98. The highest BCUT2D eigenvalue weighted by molar-refractivity contribution is 7.80. The quantitative estimate of drug-likeness (QED) is 0.757. The Hall–Kier alpha value is -1.18. The van der Waals surface area contributed by atoms with Crippen LogP contribution in [0, 0.1) is 0 Å². The minimum Gasteiger partial charge on any atom is -0.477 e. The number of nitrogens with zero attached hydrogens (tertiary/aromatic N) is 1. The number of thiazole rings is 1. The second-order valence-corrected chi connectivity index (χ2v) is 5.66. The first-order valence-electron chi connectivity index (χ1n) is 5.32. The fraction of sp³-hybridized carbons (Fsp3) is 0.167. The van der Waals surface area contributed by atoms with Crippen LogP contribution in [0.2, 0.25) is 4.47 Å². The van der Waals surface area contributed by atoms with Crippen molar-refractivity contribution < 1.29 is 17.9 Å². The Balaban J connectivity index is 2.14. The van der Waals surface area contributed by atoms with Crippen LogP contribution in [0.1, 0.15) is 16.1 Å². The highest BCUT2D eigenvalue weighted by Gasteiger charge is 2.39. The fourth-order valence-electron chi connectivity index (χ4n) is 1.41. The van der Waals surface area contributed by atoms with Crippen molar-refractivity contribution in [3.05, 3.63) is 50.9 Å². The van der Waals surface area contributed by atoms with Gasteiger partial charge in [0.1, 0.15) is 11.5 Å². The fourth-order valence-corrected chi connectivity index (χ4v) is 2.72. The molecule has 0 aliphatic heterocycles. The zero-order valence-electron chi connectivity index (χ0n) is 9.78. The molecule has 0 N–H and O–H groups in total. The first-order chi connectivity index (χ1) is 9.38. The summed E-state index contributed by atoms with van der Waals surface area (Å²) >= 11 is 11.1. The molecule has 2 nitrogen and oxygen atoms in total. The average molecular weight is 338 g/mol. The van der Waals surface area contributed by atoms with Crippen molar-refractivity contribution in [1.82, 2.24) is 4.98 Å². The Morgan fingerprint density at radius 1 is 1.30 bits per heavy atom. The largest absolute Gasteiger partial charge is 0.477 e. The number of hydrogen-bond acceptors (Lipinski definition) is 4. The molecule has 0 aliphatic rings. The predicted octanol–water partition coefficient (Wildman–Crippen LogP) is 4.71. The minimum absolute atomic E-state index is 0.0898. The Bertz CT molecular complexity index is 613. The Kier molecular flexibility index (Phi) is 4.62. The summed E-state index contributed by atoms with van der Waals surface area (Å²) in [5.41, 5.74) is -0.301. The van der Waals surface area contributed by atoms with Gasteiger partial charge in [0.25, 0.3) is 0 Å². The molecule has 0 bridgehead atoms. The van der Waals surface area contributed by atoms with Gasteiger partial charge < -0.3 is 4.74 Å². The minimum atomic E-state index is -4.61. The topological polar surface area (TPSA) is 22.1 Å². The number of alkyl halides is 3. The van der Waals surface area contributed by atoms with Gasteiger partial charge in [0.05, 0.1) is 0 Å². The van der Waals surface area contributed by atoms with Gasteiger partial charge in [0.15, 0.2) is 10.2 Å². The van der Waals surface area contributed by atoms with E-state index >= 15 is 0 Å². The van der Waals surface area contributed by atoms with Crippen LogP contribution in [0.5, 0.6) is 0 Å². The molecule has 0 radical (unpaired) electrons. The number of hydrogen-bond donors (Lipinski definition) is 0. The maximum atomic E-state index is 12.8. The molecule has 0 atom stereocenters. The Labute approximate surface area is 127 Å². The summed E-state index contributed by atoms with van der Waals surface area (Å²) in [7, 11) is 0. The second kappa shape index (κ2) is 6.07. The van der Waals surface area contributed by atoms with Gasteiger partial charge in [0, 0.05) is 0 Å². The molecule has 106 valence electrons. The molecule has 0 saturated heterocycles. The standard InChI is InChI=1S/C12H7ClF3NOS2/c13-11-17-9(12(14,15)16)8(20-11)10(19)18-6-7-4-2-1-3-5-7/h1-5H,6H2. The first-order valence-corrected chi connectivity index (χ1v) is 6.93. The predicted molar refractivity (Wildman–Crippen MR) is 75.1 cm³/mol. The smallest absolute Gasteiger partial charge is 0.435 e. The maximum Gasteiger partial charge on any atom is 0.435 e. The normalized spacial score (nSPS) is 11.4. The monoisotopic (exact) mass is 337 g/mol. The molecular formula is C12H7ClF3NOS2. The van der Waals surface area contributed by atoms with Crippen LogP contribution in [-0.2, 0) is 17.5 Å². The van der Waals surface area contributed by atoms with Crippen LogP contribution in [0.3, 0.4) is 0 Å². The van der Waals surface area contributed by atoms with Gasteiger partial charge in [-0.05, 0) is 17.8 Å². The number of thiocarbonyl (C=S) groups is 1. The number of aromatic nitrogens is 1. The van der Waals surface area contributed by atoms with E-state index in [2.05, 4.69) is 4.98 Å². The second-order valence-electron chi connectivity index (χ2n) is 3.70. The average Bonchev–Trinajstić information content (AvgIpc) is 2.79. The van der Waals surface area contributed by atoms with E-state index in [1.54, 1.807) is 24.3 Å². The van der Waals surface area contributed by atoms with Crippen molar-refractivity contribution in [2.24, 2.45) is 0 Å². The molecule has 2 rings (SSSR count). The summed E-state index contributed by atoms with van der Waals surface area (Å²) in [6.45, 7) is 0.0898. The van der Waals surface area contributed by atoms with Gasteiger partial charge in [-0.1, -0.05) is 53.3 Å². The van der Waals surface area contributed by atoms with Gasteiger partial charge in [0.2, 0.25) is 5.05 Å². The lowest BCUT2D eigenvalue weighted by atomic mass is 10.2. The van der Waals surface area contributed by atoms with Gasteiger partial charge in [-0.3, -0.25) is 0 Å². The van der Waals surface area contributed by atoms with Crippen molar-refractivity contribution in [3.8, 4) is 0 Å². The number of ether oxygens (including phenoxy) is 1. The molecule has 0 saturated carbocycles. The Morgan fingerprint density at radius 3 is 2.55 bits per heavy atom. The van der Waals surface area contributed by atoms with E-state index in [1.807, 2.05) is 6.07 Å². The third kappa shape index (κ3) is 3.68. The van der Waals surface area contributed by atoms with Crippen LogP contribution in [0.25, 0.3) is 0 Å². The molecule has 20 heavy (non-hydrogen) atoms. The van der Waals surface area contributed by atoms with Crippen molar-refractivity contribution >= 4 is 40.2 Å². The number of benzene rings is 1. The third-order valence-electron chi connectivity index (χ3n) is 2.27. The maximum absolute atomic E-state index is 12.8. The lowest BCUT2D eigenvalue weighted by Crippen LogP contribution is -2.13. The van der Waals surface area contributed by atoms with Gasteiger partial charge in [-0.15, -0.1) is 0 Å². The molecule has 0 spiro atoms. The molecule has 1 heterocycles. The number of halogens is 4. The van der Waals surface area contributed by atoms with Crippen LogP contribution in [0.15, 0.2) is 30.3 Å². The van der Waals surface area contributed by atoms with Crippen LogP contribution in [-0.4, -0.2) is 10.0 Å². The lowest BCUT2D eigenvalue weighted by Gasteiger charge is -2.09. The van der Waals surface area contributed by atoms with Gasteiger partial charge in [-0.2, -0.15) is 13.2 Å². The van der Waals surface area contributed by atoms with Crippen molar-refractivity contribution in [1.29, 1.82) is 0 Å². The highest BCUT2D eigenvalue weighted by Crippen LogP contribution is 2.36. The van der Waals surface area contributed by atoms with Crippen molar-refractivity contribution in [3.63, 3.8) is 0 Å². The van der Waals surface area contributed by atoms with Gasteiger partial charge >= 0.3 is 6.18 Å². The van der Waals surface area contributed by atoms with E-state index in [1.165, 1.54) is 0 Å². The van der Waals surface area contributed by atoms with E-state index in [0.29, 0.717) is 11.3 Å². The summed E-state index contributed by atoms with van der Waals surface area (Å²) < 4.78 is 43.2. The van der Waals surface area contributed by atoms with E-state index < -0.39 is 11.9 Å². The zero-order chi connectivity index (χ0) is 14.8. The number of rotatable bonds is 3. The first kappa shape index (κ1) is 15.2. The molecule has 8 heteroatoms. The molecule has 0 fully saturated rings. The van der Waals surface area contributed by atoms with E-state index in [9.17, 15) is 13.2 Å². The summed E-state index contributed by atoms with van der Waals surface area (Å²) in [5.74, 6) is 0. The van der Waals surface area contributed by atoms with Crippen LogP contribution >= 0.6 is 35.2 Å². The van der Waals surface area contributed by atoms with Crippen LogP contribution < -0.4 is 0 Å². The van der Waals surface area contributed by atoms with E-state index in [-0.39, 0.29) is 21.0 Å². The lowest BCUT2D eigenvalue weighted by molar-refractivity contribution is -0.140. The zero-order valence-corrected chi connectivity index (χ0v) is 12.2. The van der Waals surface area contributed by atoms with E-state index in [0.717, 1.165) is 5.56 Å². The molecule has 0 unspecified atom stereocenters.